The first-order chi connectivity index (χ1) is 12.1. The highest BCUT2D eigenvalue weighted by atomic mass is 35.5. The summed E-state index contributed by atoms with van der Waals surface area (Å²) in [6.07, 6.45) is 1.83. The number of piperidine rings is 1. The summed E-state index contributed by atoms with van der Waals surface area (Å²) in [6, 6.07) is 3.75. The molecule has 2 N–H and O–H groups in total. The summed E-state index contributed by atoms with van der Waals surface area (Å²) in [7, 11) is 0. The summed E-state index contributed by atoms with van der Waals surface area (Å²) in [5.74, 6) is -0.355. The third-order valence-electron chi connectivity index (χ3n) is 4.32. The molecule has 1 fully saturated rings. The molecule has 0 aromatic heterocycles. The number of nitrogens with zero attached hydrogens (tertiary/aromatic N) is 1. The van der Waals surface area contributed by atoms with Gasteiger partial charge in [-0.25, -0.2) is 4.39 Å². The minimum Gasteiger partial charge on any atom is -0.352 e. The van der Waals surface area contributed by atoms with E-state index in [9.17, 15) is 14.0 Å². The quantitative estimate of drug-likeness (QED) is 0.821. The van der Waals surface area contributed by atoms with Gasteiger partial charge in [0.15, 0.2) is 0 Å². The summed E-state index contributed by atoms with van der Waals surface area (Å²) in [5.41, 5.74) is 0.0609. The number of carbonyl (C=O) groups is 2. The number of rotatable bonds is 5. The molecule has 1 aromatic carbocycles. The van der Waals surface area contributed by atoms with Crippen molar-refractivity contribution in [3.63, 3.8) is 0 Å². The lowest BCUT2D eigenvalue weighted by molar-refractivity contribution is -0.124. The maximum atomic E-state index is 13.1. The summed E-state index contributed by atoms with van der Waals surface area (Å²) in [5, 5.41) is 5.95. The Balaban J connectivity index is 1.73. The number of likely N-dealkylation sites (tertiary alicyclic amines) is 1. The molecule has 2 amide bonds. The van der Waals surface area contributed by atoms with E-state index in [0.717, 1.165) is 32.0 Å². The van der Waals surface area contributed by atoms with Gasteiger partial charge in [-0.05, 0) is 70.8 Å². The number of hydrogen-bond donors (Lipinski definition) is 2. The van der Waals surface area contributed by atoms with Crippen molar-refractivity contribution in [1.29, 1.82) is 0 Å². The molecule has 0 unspecified atom stereocenters. The first-order valence-electron chi connectivity index (χ1n) is 8.90. The fourth-order valence-electron chi connectivity index (χ4n) is 3.02. The van der Waals surface area contributed by atoms with Gasteiger partial charge in [0.2, 0.25) is 5.91 Å². The molecule has 0 atom stereocenters. The third-order valence-corrected chi connectivity index (χ3v) is 4.63. The van der Waals surface area contributed by atoms with Gasteiger partial charge in [-0.2, -0.15) is 0 Å². The van der Waals surface area contributed by atoms with Crippen LogP contribution in [-0.2, 0) is 4.79 Å². The van der Waals surface area contributed by atoms with E-state index in [0.29, 0.717) is 19.0 Å². The SMILES string of the molecule is CC(C)(C)NC(=O)CN1CCC(CNC(=O)c2ccc(F)cc2Cl)CC1. The molecule has 26 heavy (non-hydrogen) atoms. The predicted octanol–water partition coefficient (Wildman–Crippen LogP) is 2.84. The van der Waals surface area contributed by atoms with Gasteiger partial charge in [0.1, 0.15) is 5.82 Å². The van der Waals surface area contributed by atoms with Crippen LogP contribution in [0.5, 0.6) is 0 Å². The molecule has 2 rings (SSSR count). The number of nitrogens with one attached hydrogen (secondary N) is 2. The molecule has 144 valence electrons. The Morgan fingerprint density at radius 1 is 1.27 bits per heavy atom. The molecule has 1 aliphatic rings. The van der Waals surface area contributed by atoms with Crippen LogP contribution in [0, 0.1) is 11.7 Å². The molecule has 1 heterocycles. The molecular weight excluding hydrogens is 357 g/mol. The van der Waals surface area contributed by atoms with Gasteiger partial charge in [-0.3, -0.25) is 14.5 Å². The Morgan fingerprint density at radius 2 is 1.92 bits per heavy atom. The summed E-state index contributed by atoms with van der Waals surface area (Å²) >= 11 is 5.91. The van der Waals surface area contributed by atoms with E-state index in [1.54, 1.807) is 0 Å². The van der Waals surface area contributed by atoms with E-state index in [-0.39, 0.29) is 27.9 Å². The third kappa shape index (κ3) is 6.57. The molecule has 1 aliphatic heterocycles. The van der Waals surface area contributed by atoms with Crippen LogP contribution in [0.25, 0.3) is 0 Å². The van der Waals surface area contributed by atoms with Gasteiger partial charge in [0.25, 0.3) is 5.91 Å². The van der Waals surface area contributed by atoms with Gasteiger partial charge in [-0.1, -0.05) is 11.6 Å². The monoisotopic (exact) mass is 383 g/mol. The van der Waals surface area contributed by atoms with Crippen LogP contribution < -0.4 is 10.6 Å². The largest absolute Gasteiger partial charge is 0.352 e. The smallest absolute Gasteiger partial charge is 0.252 e. The van der Waals surface area contributed by atoms with Crippen molar-refractivity contribution < 1.29 is 14.0 Å². The molecule has 0 spiro atoms. The van der Waals surface area contributed by atoms with Crippen molar-refractivity contribution in [3.8, 4) is 0 Å². The second kappa shape index (κ2) is 8.82. The molecule has 5 nitrogen and oxygen atoms in total. The van der Waals surface area contributed by atoms with E-state index in [2.05, 4.69) is 15.5 Å². The zero-order valence-electron chi connectivity index (χ0n) is 15.6. The van der Waals surface area contributed by atoms with Gasteiger partial charge >= 0.3 is 0 Å². The van der Waals surface area contributed by atoms with Gasteiger partial charge in [-0.15, -0.1) is 0 Å². The van der Waals surface area contributed by atoms with Crippen LogP contribution >= 0.6 is 11.6 Å². The lowest BCUT2D eigenvalue weighted by Crippen LogP contribution is -2.48. The second-order valence-corrected chi connectivity index (χ2v) is 8.26. The Morgan fingerprint density at radius 3 is 2.50 bits per heavy atom. The molecule has 0 aliphatic carbocycles. The van der Waals surface area contributed by atoms with Gasteiger partial charge in [0.05, 0.1) is 17.1 Å². The number of benzene rings is 1. The Hall–Kier alpha value is -1.66. The number of amides is 2. The summed E-state index contributed by atoms with van der Waals surface area (Å²) < 4.78 is 13.1. The fourth-order valence-corrected chi connectivity index (χ4v) is 3.27. The van der Waals surface area contributed by atoms with Crippen LogP contribution in [0.1, 0.15) is 44.0 Å². The normalized spacial score (nSPS) is 16.3. The maximum Gasteiger partial charge on any atom is 0.252 e. The van der Waals surface area contributed by atoms with Gasteiger partial charge < -0.3 is 10.6 Å². The number of hydrogen-bond acceptors (Lipinski definition) is 3. The Kier molecular flexibility index (Phi) is 7.01. The molecule has 7 heteroatoms. The lowest BCUT2D eigenvalue weighted by Gasteiger charge is -2.32. The van der Waals surface area contributed by atoms with E-state index in [1.807, 2.05) is 20.8 Å². The van der Waals surface area contributed by atoms with E-state index < -0.39 is 5.82 Å². The maximum absolute atomic E-state index is 13.1. The number of halogens is 2. The topological polar surface area (TPSA) is 61.4 Å². The molecule has 0 bridgehead atoms. The zero-order chi connectivity index (χ0) is 19.3. The van der Waals surface area contributed by atoms with Crippen LogP contribution in [0.15, 0.2) is 18.2 Å². The minimum absolute atomic E-state index is 0.0372. The highest BCUT2D eigenvalue weighted by Gasteiger charge is 2.23. The van der Waals surface area contributed by atoms with E-state index in [1.165, 1.54) is 12.1 Å². The van der Waals surface area contributed by atoms with Crippen molar-refractivity contribution in [3.05, 3.63) is 34.6 Å². The molecule has 0 saturated carbocycles. The van der Waals surface area contributed by atoms with Crippen molar-refractivity contribution in [2.45, 2.75) is 39.2 Å². The highest BCUT2D eigenvalue weighted by Crippen LogP contribution is 2.19. The Labute approximate surface area is 159 Å². The van der Waals surface area contributed by atoms with E-state index in [4.69, 9.17) is 11.6 Å². The minimum atomic E-state index is -0.464. The van der Waals surface area contributed by atoms with Crippen LogP contribution in [-0.4, -0.2) is 48.4 Å². The standard InChI is InChI=1S/C19H27ClFN3O2/c1-19(2,3)23-17(25)12-24-8-6-13(7-9-24)11-22-18(26)15-5-4-14(21)10-16(15)20/h4-5,10,13H,6-9,11-12H2,1-3H3,(H,22,26)(H,23,25). The van der Waals surface area contributed by atoms with Crippen molar-refractivity contribution in [2.75, 3.05) is 26.2 Å². The zero-order valence-corrected chi connectivity index (χ0v) is 16.3. The van der Waals surface area contributed by atoms with Crippen molar-refractivity contribution in [1.82, 2.24) is 15.5 Å². The van der Waals surface area contributed by atoms with Crippen LogP contribution in [0.4, 0.5) is 4.39 Å². The highest BCUT2D eigenvalue weighted by molar-refractivity contribution is 6.33. The lowest BCUT2D eigenvalue weighted by atomic mass is 9.96. The van der Waals surface area contributed by atoms with Crippen LogP contribution in [0.2, 0.25) is 5.02 Å². The van der Waals surface area contributed by atoms with E-state index >= 15 is 0 Å². The van der Waals surface area contributed by atoms with Crippen LogP contribution in [0.3, 0.4) is 0 Å². The molecular formula is C19H27ClFN3O2. The summed E-state index contributed by atoms with van der Waals surface area (Å²) in [4.78, 5) is 26.3. The Bertz CT molecular complexity index is 653. The summed E-state index contributed by atoms with van der Waals surface area (Å²) in [6.45, 7) is 8.51. The second-order valence-electron chi connectivity index (χ2n) is 7.85. The molecule has 1 saturated heterocycles. The average molecular weight is 384 g/mol. The molecule has 1 aromatic rings. The number of carbonyl (C=O) groups excluding carboxylic acids is 2. The fraction of sp³-hybridized carbons (Fsp3) is 0.579. The van der Waals surface area contributed by atoms with Crippen molar-refractivity contribution >= 4 is 23.4 Å². The first-order valence-corrected chi connectivity index (χ1v) is 9.28. The van der Waals surface area contributed by atoms with Crippen molar-refractivity contribution in [2.24, 2.45) is 5.92 Å². The average Bonchev–Trinajstić information content (AvgIpc) is 2.52. The molecule has 0 radical (unpaired) electrons. The van der Waals surface area contributed by atoms with Gasteiger partial charge in [0, 0.05) is 12.1 Å². The predicted molar refractivity (Wildman–Crippen MR) is 101 cm³/mol. The first kappa shape index (κ1) is 20.6.